The highest BCUT2D eigenvalue weighted by molar-refractivity contribution is 5.70. The predicted molar refractivity (Wildman–Crippen MR) is 270 cm³/mol. The monoisotopic (exact) mass is 923 g/mol. The van der Waals surface area contributed by atoms with Gasteiger partial charge in [0.2, 0.25) is 0 Å². The second-order valence-corrected chi connectivity index (χ2v) is 19.1. The maximum atomic E-state index is 12.8. The fraction of sp³-hybridized carbons (Fsp3) is 0.927. The molecule has 1 N–H and O–H groups in total. The van der Waals surface area contributed by atoms with Crippen LogP contribution in [0.15, 0.2) is 0 Å². The summed E-state index contributed by atoms with van der Waals surface area (Å²) in [7, 11) is 0. The van der Waals surface area contributed by atoms with Crippen molar-refractivity contribution >= 4 is 24.0 Å². The lowest BCUT2D eigenvalue weighted by Gasteiger charge is -2.19. The number of nitrogens with one attached hydrogen (secondary N) is 1. The van der Waals surface area contributed by atoms with Gasteiger partial charge in [-0.25, -0.2) is 4.79 Å². The van der Waals surface area contributed by atoms with Gasteiger partial charge >= 0.3 is 24.0 Å². The normalized spacial score (nSPS) is 12.4. The number of alkyl carbamates (subject to hydrolysis) is 1. The van der Waals surface area contributed by atoms with Crippen molar-refractivity contribution in [2.45, 2.75) is 272 Å². The van der Waals surface area contributed by atoms with E-state index >= 15 is 0 Å². The summed E-state index contributed by atoms with van der Waals surface area (Å²) in [4.78, 5) is 52.9. The van der Waals surface area contributed by atoms with Gasteiger partial charge in [-0.05, 0) is 83.2 Å². The quantitative estimate of drug-likeness (QED) is 0.0361. The van der Waals surface area contributed by atoms with Crippen LogP contribution < -0.4 is 5.32 Å². The second-order valence-electron chi connectivity index (χ2n) is 19.1. The molecular formula is C55H106N2O8. The molecule has 0 aromatic heterocycles. The standard InChI is InChI=1S/C55H106N2O8/c1-7-13-17-20-25-31-39-51(40-32-26-21-18-14-8-2)65-54(60)43-35-28-34-42-53(59)63-47-50(48-64-55(61)56-44-45-57(11-5)12-6)38-30-24-22-23-27-33-41-52(58)62-46-49(36-16-10-4)37-29-19-15-9-3/h49-51H,7-48H2,1-6H3,(H,56,61). The molecule has 0 saturated carbocycles. The van der Waals surface area contributed by atoms with Crippen molar-refractivity contribution in [1.29, 1.82) is 0 Å². The number of likely N-dealkylation sites (N-methyl/N-ethyl adjacent to an activating group) is 1. The van der Waals surface area contributed by atoms with E-state index in [-0.39, 0.29) is 43.1 Å². The lowest BCUT2D eigenvalue weighted by molar-refractivity contribution is -0.150. The van der Waals surface area contributed by atoms with Gasteiger partial charge in [0.15, 0.2) is 0 Å². The van der Waals surface area contributed by atoms with E-state index in [1.807, 2.05) is 0 Å². The summed E-state index contributed by atoms with van der Waals surface area (Å²) in [6.07, 6.45) is 36.2. The van der Waals surface area contributed by atoms with Crippen LogP contribution in [-0.4, -0.2) is 81.0 Å². The maximum absolute atomic E-state index is 12.8. The minimum atomic E-state index is -0.440. The lowest BCUT2D eigenvalue weighted by Crippen LogP contribution is -2.35. The van der Waals surface area contributed by atoms with Crippen LogP contribution in [0.25, 0.3) is 0 Å². The van der Waals surface area contributed by atoms with Crippen molar-refractivity contribution < 1.29 is 38.1 Å². The van der Waals surface area contributed by atoms with E-state index in [1.54, 1.807) is 0 Å². The number of unbranched alkanes of at least 4 members (excludes halogenated alkanes) is 21. The van der Waals surface area contributed by atoms with Gasteiger partial charge in [0.05, 0.1) is 19.8 Å². The fourth-order valence-electron chi connectivity index (χ4n) is 8.48. The third kappa shape index (κ3) is 42.7. The number of rotatable bonds is 49. The first-order chi connectivity index (χ1) is 31.7. The van der Waals surface area contributed by atoms with Crippen LogP contribution in [0.3, 0.4) is 0 Å². The van der Waals surface area contributed by atoms with E-state index in [0.717, 1.165) is 110 Å². The number of nitrogens with zero attached hydrogens (tertiary/aromatic N) is 1. The zero-order valence-corrected chi connectivity index (χ0v) is 43.6. The molecule has 384 valence electrons. The molecule has 2 atom stereocenters. The Hall–Kier alpha value is -2.36. The molecule has 0 aliphatic carbocycles. The van der Waals surface area contributed by atoms with E-state index < -0.39 is 6.09 Å². The van der Waals surface area contributed by atoms with E-state index in [9.17, 15) is 19.2 Å². The summed E-state index contributed by atoms with van der Waals surface area (Å²) in [5, 5.41) is 2.86. The lowest BCUT2D eigenvalue weighted by atomic mass is 9.96. The molecule has 0 aromatic rings. The number of hydrogen-bond donors (Lipinski definition) is 1. The first-order valence-electron chi connectivity index (χ1n) is 27.9. The number of ether oxygens (including phenoxy) is 4. The zero-order valence-electron chi connectivity index (χ0n) is 43.6. The smallest absolute Gasteiger partial charge is 0.407 e. The number of carbonyl (C=O) groups excluding carboxylic acids is 4. The van der Waals surface area contributed by atoms with Gasteiger partial charge in [0, 0.05) is 38.3 Å². The van der Waals surface area contributed by atoms with Crippen molar-refractivity contribution in [2.24, 2.45) is 11.8 Å². The Labute approximate surface area is 401 Å². The molecule has 0 fully saturated rings. The Kier molecular flexibility index (Phi) is 46.4. The van der Waals surface area contributed by atoms with Crippen molar-refractivity contribution in [3.8, 4) is 0 Å². The molecule has 10 nitrogen and oxygen atoms in total. The Morgan fingerprint density at radius 2 is 0.769 bits per heavy atom. The highest BCUT2D eigenvalue weighted by Crippen LogP contribution is 2.21. The molecule has 0 saturated heterocycles. The van der Waals surface area contributed by atoms with Gasteiger partial charge in [-0.15, -0.1) is 0 Å². The van der Waals surface area contributed by atoms with Gasteiger partial charge in [-0.3, -0.25) is 14.4 Å². The Bertz CT molecular complexity index is 1070. The van der Waals surface area contributed by atoms with E-state index in [2.05, 4.69) is 51.8 Å². The average Bonchev–Trinajstić information content (AvgIpc) is 3.30. The van der Waals surface area contributed by atoms with Gasteiger partial charge in [0.1, 0.15) is 6.10 Å². The van der Waals surface area contributed by atoms with Crippen molar-refractivity contribution in [2.75, 3.05) is 46.0 Å². The third-order valence-electron chi connectivity index (χ3n) is 13.0. The molecular weight excluding hydrogens is 817 g/mol. The topological polar surface area (TPSA) is 120 Å². The SMILES string of the molecule is CCCCCCCCC(CCCCCCCC)OC(=O)CCCCCC(=O)OCC(CCCCCCCCC(=O)OCC(CCCC)CCCCCC)COC(=O)NCCN(CC)CC. The first-order valence-corrected chi connectivity index (χ1v) is 27.9. The second kappa shape index (κ2) is 48.1. The van der Waals surface area contributed by atoms with Crippen LogP contribution in [0.5, 0.6) is 0 Å². The predicted octanol–water partition coefficient (Wildman–Crippen LogP) is 15.0. The number of hydrogen-bond acceptors (Lipinski definition) is 9. The summed E-state index contributed by atoms with van der Waals surface area (Å²) in [6, 6.07) is 0. The highest BCUT2D eigenvalue weighted by Gasteiger charge is 2.18. The largest absolute Gasteiger partial charge is 0.465 e. The molecule has 0 spiro atoms. The number of amides is 1. The maximum Gasteiger partial charge on any atom is 0.407 e. The van der Waals surface area contributed by atoms with Crippen LogP contribution in [0.2, 0.25) is 0 Å². The average molecular weight is 923 g/mol. The first kappa shape index (κ1) is 62.6. The van der Waals surface area contributed by atoms with E-state index in [1.165, 1.54) is 103 Å². The van der Waals surface area contributed by atoms with Crippen LogP contribution in [0.1, 0.15) is 266 Å². The van der Waals surface area contributed by atoms with Crippen LogP contribution >= 0.6 is 0 Å². The van der Waals surface area contributed by atoms with Crippen LogP contribution in [-0.2, 0) is 33.3 Å². The highest BCUT2D eigenvalue weighted by atomic mass is 16.6. The molecule has 0 aliphatic rings. The van der Waals surface area contributed by atoms with Gasteiger partial charge in [-0.1, -0.05) is 183 Å². The molecule has 0 radical (unpaired) electrons. The zero-order chi connectivity index (χ0) is 47.9. The minimum Gasteiger partial charge on any atom is -0.465 e. The van der Waals surface area contributed by atoms with Crippen molar-refractivity contribution in [3.05, 3.63) is 0 Å². The van der Waals surface area contributed by atoms with Gasteiger partial charge in [0.25, 0.3) is 0 Å². The number of esters is 3. The van der Waals surface area contributed by atoms with Crippen LogP contribution in [0.4, 0.5) is 4.79 Å². The Morgan fingerprint density at radius 3 is 1.28 bits per heavy atom. The van der Waals surface area contributed by atoms with Gasteiger partial charge in [-0.2, -0.15) is 0 Å². The van der Waals surface area contributed by atoms with E-state index in [4.69, 9.17) is 18.9 Å². The molecule has 0 rings (SSSR count). The molecule has 1 amide bonds. The van der Waals surface area contributed by atoms with Crippen molar-refractivity contribution in [3.63, 3.8) is 0 Å². The molecule has 0 bridgehead atoms. The summed E-state index contributed by atoms with van der Waals surface area (Å²) < 4.78 is 23.0. The summed E-state index contributed by atoms with van der Waals surface area (Å²) in [6.45, 7) is 17.3. The number of carbonyl (C=O) groups is 4. The fourth-order valence-corrected chi connectivity index (χ4v) is 8.48. The van der Waals surface area contributed by atoms with Gasteiger partial charge < -0.3 is 29.2 Å². The summed E-state index contributed by atoms with van der Waals surface area (Å²) in [5.74, 6) is -0.00224. The molecule has 0 aromatic carbocycles. The van der Waals surface area contributed by atoms with E-state index in [0.29, 0.717) is 51.2 Å². The summed E-state index contributed by atoms with van der Waals surface area (Å²) in [5.41, 5.74) is 0. The molecule has 0 heterocycles. The third-order valence-corrected chi connectivity index (χ3v) is 13.0. The molecule has 10 heteroatoms. The summed E-state index contributed by atoms with van der Waals surface area (Å²) >= 11 is 0. The minimum absolute atomic E-state index is 0.0237. The Balaban J connectivity index is 4.70. The van der Waals surface area contributed by atoms with Crippen molar-refractivity contribution in [1.82, 2.24) is 10.2 Å². The Morgan fingerprint density at radius 1 is 0.400 bits per heavy atom. The molecule has 2 unspecified atom stereocenters. The molecule has 65 heavy (non-hydrogen) atoms. The molecule has 0 aliphatic heterocycles. The van der Waals surface area contributed by atoms with Crippen LogP contribution in [0, 0.1) is 11.8 Å².